The molecule has 1 aliphatic rings. The third-order valence-electron chi connectivity index (χ3n) is 2.95. The minimum absolute atomic E-state index is 0.00183. The van der Waals surface area contributed by atoms with Gasteiger partial charge in [0.2, 0.25) is 0 Å². The highest BCUT2D eigenvalue weighted by Crippen LogP contribution is 2.20. The number of amidine groups is 1. The Kier molecular flexibility index (Phi) is 5.83. The second-order valence-electron chi connectivity index (χ2n) is 4.52. The van der Waals surface area contributed by atoms with Crippen molar-refractivity contribution in [2.75, 3.05) is 38.8 Å². The Labute approximate surface area is 128 Å². The molecule has 1 aromatic rings. The minimum Gasteiger partial charge on any atom is -0.484 e. The zero-order valence-electron chi connectivity index (χ0n) is 11.6. The molecule has 0 aromatic heterocycles. The molecule has 21 heavy (non-hydrogen) atoms. The van der Waals surface area contributed by atoms with Crippen LogP contribution in [-0.2, 0) is 9.53 Å². The molecule has 1 saturated heterocycles. The molecule has 0 saturated carbocycles. The normalized spacial score (nSPS) is 15.9. The summed E-state index contributed by atoms with van der Waals surface area (Å²) in [6, 6.07) is 7.06. The number of ether oxygens (including phenoxy) is 2. The highest BCUT2D eigenvalue weighted by molar-refractivity contribution is 6.28. The molecule has 1 heterocycles. The summed E-state index contributed by atoms with van der Waals surface area (Å²) in [5, 5.41) is 0. The second-order valence-corrected chi connectivity index (χ2v) is 4.78. The molecule has 0 radical (unpaired) electrons. The van der Waals surface area contributed by atoms with E-state index in [1.807, 2.05) is 0 Å². The number of amides is 1. The highest BCUT2D eigenvalue weighted by atomic mass is 35.5. The van der Waals surface area contributed by atoms with Crippen molar-refractivity contribution in [2.45, 2.75) is 0 Å². The van der Waals surface area contributed by atoms with Gasteiger partial charge in [0.05, 0.1) is 24.8 Å². The van der Waals surface area contributed by atoms with Crippen molar-refractivity contribution < 1.29 is 14.3 Å². The van der Waals surface area contributed by atoms with Gasteiger partial charge in [0, 0.05) is 19.2 Å². The first kappa shape index (κ1) is 15.6. The lowest BCUT2D eigenvalue weighted by Gasteiger charge is -2.26. The number of hydrogen-bond donors (Lipinski definition) is 1. The van der Waals surface area contributed by atoms with E-state index in [1.165, 1.54) is 0 Å². The number of rotatable bonds is 5. The van der Waals surface area contributed by atoms with Gasteiger partial charge in [-0.15, -0.1) is 11.6 Å². The van der Waals surface area contributed by atoms with Crippen LogP contribution in [-0.4, -0.2) is 55.4 Å². The van der Waals surface area contributed by atoms with Gasteiger partial charge in [0.1, 0.15) is 11.6 Å². The quantitative estimate of drug-likeness (QED) is 0.503. The third kappa shape index (κ3) is 4.91. The van der Waals surface area contributed by atoms with Crippen LogP contribution in [0.5, 0.6) is 5.75 Å². The van der Waals surface area contributed by atoms with E-state index in [4.69, 9.17) is 26.8 Å². The summed E-state index contributed by atoms with van der Waals surface area (Å²) < 4.78 is 10.7. The van der Waals surface area contributed by atoms with E-state index < -0.39 is 0 Å². The van der Waals surface area contributed by atoms with Crippen LogP contribution in [0.3, 0.4) is 0 Å². The molecular formula is C14H18ClN3O3. The fourth-order valence-electron chi connectivity index (χ4n) is 1.89. The molecule has 1 fully saturated rings. The average Bonchev–Trinajstić information content (AvgIpc) is 2.53. The monoisotopic (exact) mass is 311 g/mol. The van der Waals surface area contributed by atoms with Crippen molar-refractivity contribution in [2.24, 2.45) is 10.7 Å². The number of aliphatic imine (C=N–C) groups is 1. The zero-order valence-corrected chi connectivity index (χ0v) is 12.4. The van der Waals surface area contributed by atoms with Crippen LogP contribution >= 0.6 is 11.6 Å². The largest absolute Gasteiger partial charge is 0.484 e. The number of halogens is 1. The molecule has 0 spiro atoms. The lowest BCUT2D eigenvalue weighted by molar-refractivity contribution is -0.137. The van der Waals surface area contributed by atoms with Gasteiger partial charge in [-0.05, 0) is 12.1 Å². The summed E-state index contributed by atoms with van der Waals surface area (Å²) in [7, 11) is 0. The zero-order chi connectivity index (χ0) is 15.1. The topological polar surface area (TPSA) is 77.2 Å². The Morgan fingerprint density at radius 2 is 2.19 bits per heavy atom. The Morgan fingerprint density at radius 1 is 1.43 bits per heavy atom. The van der Waals surface area contributed by atoms with E-state index in [0.29, 0.717) is 43.6 Å². The van der Waals surface area contributed by atoms with Gasteiger partial charge >= 0.3 is 0 Å². The first-order valence-corrected chi connectivity index (χ1v) is 7.20. The highest BCUT2D eigenvalue weighted by Gasteiger charge is 2.17. The van der Waals surface area contributed by atoms with Crippen molar-refractivity contribution in [3.8, 4) is 5.75 Å². The van der Waals surface area contributed by atoms with Crippen LogP contribution in [0.4, 0.5) is 5.69 Å². The van der Waals surface area contributed by atoms with E-state index in [9.17, 15) is 4.79 Å². The average molecular weight is 312 g/mol. The Morgan fingerprint density at radius 3 is 2.90 bits per heavy atom. The number of benzene rings is 1. The van der Waals surface area contributed by atoms with Crippen molar-refractivity contribution in [1.29, 1.82) is 0 Å². The summed E-state index contributed by atoms with van der Waals surface area (Å²) in [6.45, 7) is 2.37. The van der Waals surface area contributed by atoms with Crippen LogP contribution in [0.25, 0.3) is 0 Å². The third-order valence-corrected chi connectivity index (χ3v) is 3.23. The van der Waals surface area contributed by atoms with Crippen LogP contribution in [0.15, 0.2) is 29.3 Å². The smallest absolute Gasteiger partial charge is 0.260 e. The Balaban J connectivity index is 1.90. The first-order chi connectivity index (χ1) is 10.2. The maximum absolute atomic E-state index is 12.0. The van der Waals surface area contributed by atoms with E-state index in [2.05, 4.69) is 4.99 Å². The lowest BCUT2D eigenvalue weighted by atomic mass is 10.3. The van der Waals surface area contributed by atoms with Crippen LogP contribution < -0.4 is 10.5 Å². The number of nitrogens with two attached hydrogens (primary N) is 1. The molecule has 6 nitrogen and oxygen atoms in total. The Hall–Kier alpha value is -1.79. The van der Waals surface area contributed by atoms with Gasteiger partial charge in [-0.1, -0.05) is 6.07 Å². The molecule has 2 rings (SSSR count). The summed E-state index contributed by atoms with van der Waals surface area (Å²) in [4.78, 5) is 17.8. The number of nitrogens with zero attached hydrogens (tertiary/aromatic N) is 2. The SMILES string of the molecule is NC(CCl)=Nc1cccc(OCC(=O)N2CCOCC2)c1. The van der Waals surface area contributed by atoms with Crippen molar-refractivity contribution in [3.05, 3.63) is 24.3 Å². The summed E-state index contributed by atoms with van der Waals surface area (Å²) >= 11 is 5.58. The fraction of sp³-hybridized carbons (Fsp3) is 0.429. The molecule has 114 valence electrons. The molecular weight excluding hydrogens is 294 g/mol. The Bertz CT molecular complexity index is 516. The lowest BCUT2D eigenvalue weighted by Crippen LogP contribution is -2.42. The van der Waals surface area contributed by atoms with Gasteiger partial charge in [0.25, 0.3) is 5.91 Å². The molecule has 0 bridgehead atoms. The second kappa shape index (κ2) is 7.85. The van der Waals surface area contributed by atoms with E-state index in [0.717, 1.165) is 0 Å². The van der Waals surface area contributed by atoms with E-state index in [-0.39, 0.29) is 18.4 Å². The van der Waals surface area contributed by atoms with Crippen LogP contribution in [0.1, 0.15) is 0 Å². The van der Waals surface area contributed by atoms with Crippen LogP contribution in [0.2, 0.25) is 0 Å². The van der Waals surface area contributed by atoms with Gasteiger partial charge in [-0.25, -0.2) is 4.99 Å². The molecule has 0 aliphatic carbocycles. The molecule has 2 N–H and O–H groups in total. The first-order valence-electron chi connectivity index (χ1n) is 6.66. The van der Waals surface area contributed by atoms with Gasteiger partial charge in [-0.2, -0.15) is 0 Å². The standard InChI is InChI=1S/C14H18ClN3O3/c15-9-13(16)17-11-2-1-3-12(8-11)21-10-14(19)18-4-6-20-7-5-18/h1-3,8H,4-7,9-10H2,(H2,16,17). The predicted octanol–water partition coefficient (Wildman–Crippen LogP) is 1.15. The number of carbonyl (C=O) groups excluding carboxylic acids is 1. The van der Waals surface area contributed by atoms with Gasteiger partial charge in [0.15, 0.2) is 6.61 Å². The maximum Gasteiger partial charge on any atom is 0.260 e. The van der Waals surface area contributed by atoms with Gasteiger partial charge < -0.3 is 20.1 Å². The maximum atomic E-state index is 12.0. The molecule has 0 atom stereocenters. The number of carbonyl (C=O) groups is 1. The molecule has 1 amide bonds. The summed E-state index contributed by atoms with van der Waals surface area (Å²) in [5.74, 6) is 1.02. The molecule has 7 heteroatoms. The molecule has 1 aromatic carbocycles. The van der Waals surface area contributed by atoms with E-state index >= 15 is 0 Å². The van der Waals surface area contributed by atoms with E-state index in [1.54, 1.807) is 29.2 Å². The fourth-order valence-corrected chi connectivity index (χ4v) is 1.95. The van der Waals surface area contributed by atoms with Crippen molar-refractivity contribution >= 4 is 29.0 Å². The minimum atomic E-state index is -0.0486. The van der Waals surface area contributed by atoms with Crippen molar-refractivity contribution in [1.82, 2.24) is 4.90 Å². The summed E-state index contributed by atoms with van der Waals surface area (Å²) in [5.41, 5.74) is 6.22. The predicted molar refractivity (Wildman–Crippen MR) is 81.3 cm³/mol. The number of morpholine rings is 1. The molecule has 0 unspecified atom stereocenters. The van der Waals surface area contributed by atoms with Crippen molar-refractivity contribution in [3.63, 3.8) is 0 Å². The van der Waals surface area contributed by atoms with Gasteiger partial charge in [-0.3, -0.25) is 4.79 Å². The number of hydrogen-bond acceptors (Lipinski definition) is 4. The van der Waals surface area contributed by atoms with Crippen LogP contribution in [0, 0.1) is 0 Å². The number of alkyl halides is 1. The molecule has 1 aliphatic heterocycles. The summed E-state index contributed by atoms with van der Waals surface area (Å²) in [6.07, 6.45) is 0.